The highest BCUT2D eigenvalue weighted by Gasteiger charge is 2.33. The fraction of sp³-hybridized carbons (Fsp3) is 0.389. The Balaban J connectivity index is 1.59. The van der Waals surface area contributed by atoms with Crippen LogP contribution in [0.5, 0.6) is 0 Å². The zero-order chi connectivity index (χ0) is 31.5. The minimum Gasteiger partial charge on any atom is -0.386 e. The number of benzene rings is 3. The molecule has 1 aliphatic rings. The second-order valence-corrected chi connectivity index (χ2v) is 15.0. The van der Waals surface area contributed by atoms with E-state index in [9.17, 15) is 0 Å². The summed E-state index contributed by atoms with van der Waals surface area (Å²) in [5.74, 6) is 1.04. The van der Waals surface area contributed by atoms with Crippen molar-refractivity contribution in [2.75, 3.05) is 11.5 Å². The van der Waals surface area contributed by atoms with Crippen LogP contribution in [0.4, 0.5) is 8.78 Å². The smallest absolute Gasteiger partial charge is 0.156 e. The van der Waals surface area contributed by atoms with Gasteiger partial charge in [0.05, 0.1) is 10.5 Å². The van der Waals surface area contributed by atoms with Crippen LogP contribution in [0.3, 0.4) is 0 Å². The molecule has 1 atom stereocenters. The number of hydrogen-bond acceptors (Lipinski definition) is 4. The zero-order valence-corrected chi connectivity index (χ0v) is 27.7. The van der Waals surface area contributed by atoms with Crippen molar-refractivity contribution in [1.29, 1.82) is 5.41 Å². The number of amidine groups is 2. The number of thioether (sulfide) groups is 1. The lowest BCUT2D eigenvalue weighted by Gasteiger charge is -2.32. The first-order valence-corrected chi connectivity index (χ1v) is 17.3. The molecule has 4 aromatic rings. The van der Waals surface area contributed by atoms with Crippen molar-refractivity contribution in [3.05, 3.63) is 94.7 Å². The first kappa shape index (κ1) is 32.3. The first-order valence-electron chi connectivity index (χ1n) is 15.4. The van der Waals surface area contributed by atoms with E-state index in [1.165, 1.54) is 29.5 Å². The normalized spacial score (nSPS) is 20.0. The maximum Gasteiger partial charge on any atom is 0.156 e. The maximum atomic E-state index is 15.6. The SMILES string of the molecule is CCCc1cccc([C@@]2(C)CCCC(C)(C)CSCCc3c(c(F)cc4[nH]ccc34)Sc3ccc(F)c(c3)C(=N)N=C2N)c1. The Bertz CT molecular complexity index is 1690. The highest BCUT2D eigenvalue weighted by atomic mass is 32.2. The Morgan fingerprint density at radius 1 is 1.02 bits per heavy atom. The summed E-state index contributed by atoms with van der Waals surface area (Å²) in [6, 6.07) is 16.6. The van der Waals surface area contributed by atoms with Crippen molar-refractivity contribution in [1.82, 2.24) is 4.98 Å². The van der Waals surface area contributed by atoms with Crippen LogP contribution in [0, 0.1) is 22.5 Å². The summed E-state index contributed by atoms with van der Waals surface area (Å²) in [5, 5.41) is 9.85. The largest absolute Gasteiger partial charge is 0.386 e. The topological polar surface area (TPSA) is 78.0 Å². The molecule has 4 N–H and O–H groups in total. The van der Waals surface area contributed by atoms with Crippen molar-refractivity contribution >= 4 is 46.1 Å². The second kappa shape index (κ2) is 13.5. The van der Waals surface area contributed by atoms with Crippen LogP contribution in [0.15, 0.2) is 75.6 Å². The van der Waals surface area contributed by atoms with E-state index in [-0.39, 0.29) is 22.6 Å². The maximum absolute atomic E-state index is 15.6. The molecule has 1 aliphatic heterocycles. The molecule has 4 nitrogen and oxygen atoms in total. The van der Waals surface area contributed by atoms with Gasteiger partial charge in [0.25, 0.3) is 0 Å². The highest BCUT2D eigenvalue weighted by molar-refractivity contribution is 7.99. The molecule has 2 heterocycles. The number of H-pyrrole nitrogens is 1. The molecule has 0 unspecified atom stereocenters. The van der Waals surface area contributed by atoms with Crippen molar-refractivity contribution < 1.29 is 8.78 Å². The van der Waals surface area contributed by atoms with Gasteiger partial charge in [-0.25, -0.2) is 13.8 Å². The molecule has 232 valence electrons. The second-order valence-electron chi connectivity index (χ2n) is 12.8. The van der Waals surface area contributed by atoms with Gasteiger partial charge < -0.3 is 10.7 Å². The molecule has 2 bridgehead atoms. The van der Waals surface area contributed by atoms with Gasteiger partial charge in [-0.2, -0.15) is 11.8 Å². The van der Waals surface area contributed by atoms with E-state index in [4.69, 9.17) is 11.1 Å². The zero-order valence-electron chi connectivity index (χ0n) is 26.0. The van der Waals surface area contributed by atoms with Gasteiger partial charge in [-0.05, 0) is 96.5 Å². The lowest BCUT2D eigenvalue weighted by Crippen LogP contribution is -2.40. The lowest BCUT2D eigenvalue weighted by molar-refractivity contribution is 0.354. The molecule has 0 amide bonds. The van der Waals surface area contributed by atoms with Crippen LogP contribution in [-0.4, -0.2) is 28.2 Å². The number of aromatic amines is 1. The summed E-state index contributed by atoms with van der Waals surface area (Å²) < 4.78 is 30.8. The number of nitrogens with one attached hydrogen (secondary N) is 2. The van der Waals surface area contributed by atoms with Crippen LogP contribution >= 0.6 is 23.5 Å². The number of fused-ring (bicyclic) bond motifs is 5. The third-order valence-corrected chi connectivity index (χ3v) is 11.3. The van der Waals surface area contributed by atoms with Crippen LogP contribution in [0.1, 0.15) is 75.6 Å². The van der Waals surface area contributed by atoms with E-state index in [0.29, 0.717) is 22.0 Å². The van der Waals surface area contributed by atoms with E-state index in [2.05, 4.69) is 61.9 Å². The predicted octanol–water partition coefficient (Wildman–Crippen LogP) is 9.68. The molecular formula is C36H42F2N4S2. The molecule has 0 radical (unpaired) electrons. The summed E-state index contributed by atoms with van der Waals surface area (Å²) in [4.78, 5) is 8.88. The molecule has 5 rings (SSSR count). The van der Waals surface area contributed by atoms with Gasteiger partial charge in [0.15, 0.2) is 5.84 Å². The summed E-state index contributed by atoms with van der Waals surface area (Å²) >= 11 is 3.17. The average Bonchev–Trinajstić information content (AvgIpc) is 3.45. The molecule has 8 heteroatoms. The summed E-state index contributed by atoms with van der Waals surface area (Å²) in [6.07, 6.45) is 7.24. The van der Waals surface area contributed by atoms with Gasteiger partial charge in [0.2, 0.25) is 0 Å². The number of aromatic nitrogens is 1. The third-order valence-electron chi connectivity index (χ3n) is 8.70. The number of nitrogens with two attached hydrogens (primary N) is 1. The molecule has 44 heavy (non-hydrogen) atoms. The number of hydrogen-bond donors (Lipinski definition) is 3. The van der Waals surface area contributed by atoms with Crippen LogP contribution in [0.2, 0.25) is 0 Å². The van der Waals surface area contributed by atoms with Crippen molar-refractivity contribution in [3.8, 4) is 0 Å². The Morgan fingerprint density at radius 2 is 1.84 bits per heavy atom. The summed E-state index contributed by atoms with van der Waals surface area (Å²) in [6.45, 7) is 8.85. The van der Waals surface area contributed by atoms with Gasteiger partial charge in [0.1, 0.15) is 17.5 Å². The van der Waals surface area contributed by atoms with Crippen LogP contribution in [0.25, 0.3) is 10.9 Å². The Kier molecular flexibility index (Phi) is 9.90. The Hall–Kier alpha value is -3.10. The molecule has 0 aliphatic carbocycles. The van der Waals surface area contributed by atoms with Gasteiger partial charge >= 0.3 is 0 Å². The lowest BCUT2D eigenvalue weighted by atomic mass is 9.75. The van der Waals surface area contributed by atoms with E-state index in [1.54, 1.807) is 12.1 Å². The third kappa shape index (κ3) is 7.07. The summed E-state index contributed by atoms with van der Waals surface area (Å²) in [5.41, 5.74) is 10.3. The van der Waals surface area contributed by atoms with Crippen LogP contribution < -0.4 is 5.73 Å². The predicted molar refractivity (Wildman–Crippen MR) is 184 cm³/mol. The number of aliphatic imine (C=N–C) groups is 1. The van der Waals surface area contributed by atoms with Gasteiger partial charge in [0, 0.05) is 27.4 Å². The standard InChI is InChI=1S/C36H42F2N4S2/c1-5-8-23-9-6-10-24(19-23)36(4)16-7-15-35(2,3)22-43-18-14-27-26-13-17-41-31(26)21-30(38)32(27)44-25-11-12-29(37)28(20-25)33(39)42-34(36)40/h6,9-13,17,19-21,41H,5,7-8,14-16,18,22H2,1-4H3,(H3,39,40,42)/t36-/m1/s1. The van der Waals surface area contributed by atoms with Crippen molar-refractivity contribution in [2.24, 2.45) is 16.1 Å². The molecule has 1 aromatic heterocycles. The number of halogens is 2. The van der Waals surface area contributed by atoms with E-state index in [0.717, 1.165) is 65.6 Å². The van der Waals surface area contributed by atoms with Crippen molar-refractivity contribution in [2.45, 2.75) is 81.4 Å². The molecule has 3 aromatic carbocycles. The fourth-order valence-electron chi connectivity index (χ4n) is 6.05. The minimum absolute atomic E-state index is 0.0440. The van der Waals surface area contributed by atoms with Gasteiger partial charge in [-0.3, -0.25) is 5.41 Å². The number of nitrogens with zero attached hydrogens (tertiary/aromatic N) is 1. The molecular weight excluding hydrogens is 591 g/mol. The van der Waals surface area contributed by atoms with Gasteiger partial charge in [-0.15, -0.1) is 0 Å². The minimum atomic E-state index is -0.627. The van der Waals surface area contributed by atoms with Crippen LogP contribution in [-0.2, 0) is 18.3 Å². The average molecular weight is 633 g/mol. The Labute approximate surface area is 268 Å². The quantitative estimate of drug-likeness (QED) is 0.210. The van der Waals surface area contributed by atoms with Gasteiger partial charge in [-0.1, -0.05) is 69.6 Å². The first-order chi connectivity index (χ1) is 21.0. The fourth-order valence-corrected chi connectivity index (χ4v) is 8.28. The van der Waals surface area contributed by atoms with Crippen molar-refractivity contribution in [3.63, 3.8) is 0 Å². The molecule has 0 spiro atoms. The molecule has 0 fully saturated rings. The monoisotopic (exact) mass is 632 g/mol. The molecule has 0 saturated carbocycles. The molecule has 0 saturated heterocycles. The Morgan fingerprint density at radius 3 is 2.64 bits per heavy atom. The van der Waals surface area contributed by atoms with E-state index >= 15 is 8.78 Å². The number of aryl methyl sites for hydroxylation is 2. The number of rotatable bonds is 3. The highest BCUT2D eigenvalue weighted by Crippen LogP contribution is 2.40. The summed E-state index contributed by atoms with van der Waals surface area (Å²) in [7, 11) is 0. The van der Waals surface area contributed by atoms with E-state index in [1.807, 2.05) is 24.0 Å². The van der Waals surface area contributed by atoms with E-state index < -0.39 is 11.2 Å².